The van der Waals surface area contributed by atoms with E-state index in [0.29, 0.717) is 31.5 Å². The van der Waals surface area contributed by atoms with Crippen molar-refractivity contribution >= 4 is 24.7 Å². The number of carbonyl (C=O) groups excluding carboxylic acids is 2. The first kappa shape index (κ1) is 20.6. The Bertz CT molecular complexity index is 645. The third-order valence-corrected chi connectivity index (χ3v) is 5.22. The van der Waals surface area contributed by atoms with Crippen LogP contribution in [0.15, 0.2) is 24.3 Å². The maximum atomic E-state index is 12.2. The van der Waals surface area contributed by atoms with Crippen LogP contribution in [-0.2, 0) is 9.47 Å². The standard InChI is InChI=1S/C19H27NO5S/c1-18(2,3)25-17(22)20-11-9-19(23,10-12-20)15(26)13-5-7-14(8-6-13)16(21)24-4/h5-8,15,23,26H,9-12H2,1-4H3. The quantitative estimate of drug-likeness (QED) is 0.621. The Labute approximate surface area is 159 Å². The second-order valence-electron chi connectivity index (χ2n) is 7.59. The monoisotopic (exact) mass is 381 g/mol. The average molecular weight is 381 g/mol. The molecule has 1 aliphatic heterocycles. The number of nitrogens with zero attached hydrogens (tertiary/aromatic N) is 1. The Balaban J connectivity index is 2.01. The van der Waals surface area contributed by atoms with Gasteiger partial charge in [-0.2, -0.15) is 12.6 Å². The number of piperidine rings is 1. The normalized spacial score (nSPS) is 18.2. The van der Waals surface area contributed by atoms with Gasteiger partial charge < -0.3 is 19.5 Å². The Morgan fingerprint density at radius 2 is 1.73 bits per heavy atom. The maximum Gasteiger partial charge on any atom is 0.410 e. The number of rotatable bonds is 3. The van der Waals surface area contributed by atoms with Crippen LogP contribution in [-0.4, -0.2) is 53.5 Å². The molecule has 1 N–H and O–H groups in total. The van der Waals surface area contributed by atoms with Crippen molar-refractivity contribution in [1.82, 2.24) is 4.90 Å². The molecule has 2 rings (SSSR count). The molecular formula is C19H27NO5S. The number of carbonyl (C=O) groups is 2. The predicted octanol–water partition coefficient (Wildman–Crippen LogP) is 3.21. The summed E-state index contributed by atoms with van der Waals surface area (Å²) in [5.41, 5.74) is -0.315. The topological polar surface area (TPSA) is 76.1 Å². The second kappa shape index (κ2) is 7.88. The van der Waals surface area contributed by atoms with Crippen LogP contribution >= 0.6 is 12.6 Å². The van der Waals surface area contributed by atoms with Gasteiger partial charge in [0.05, 0.1) is 23.5 Å². The number of aliphatic hydroxyl groups is 1. The highest BCUT2D eigenvalue weighted by Crippen LogP contribution is 2.39. The first-order chi connectivity index (χ1) is 12.1. The third kappa shape index (κ3) is 4.92. The number of benzene rings is 1. The summed E-state index contributed by atoms with van der Waals surface area (Å²) in [7, 11) is 1.33. The van der Waals surface area contributed by atoms with E-state index in [1.165, 1.54) is 7.11 Å². The summed E-state index contributed by atoms with van der Waals surface area (Å²) in [5, 5.41) is 10.6. The molecule has 0 spiro atoms. The summed E-state index contributed by atoms with van der Waals surface area (Å²) in [5.74, 6) is -0.406. The molecule has 1 atom stereocenters. The number of esters is 1. The lowest BCUT2D eigenvalue weighted by molar-refractivity contribution is -0.0329. The average Bonchev–Trinajstić information content (AvgIpc) is 2.59. The maximum absolute atomic E-state index is 12.2. The van der Waals surface area contributed by atoms with E-state index < -0.39 is 22.4 Å². The van der Waals surface area contributed by atoms with Crippen molar-refractivity contribution in [2.24, 2.45) is 0 Å². The molecule has 7 heteroatoms. The van der Waals surface area contributed by atoms with Crippen molar-refractivity contribution < 1.29 is 24.2 Å². The van der Waals surface area contributed by atoms with Crippen LogP contribution < -0.4 is 0 Å². The predicted molar refractivity (Wildman–Crippen MR) is 101 cm³/mol. The van der Waals surface area contributed by atoms with Crippen molar-refractivity contribution in [3.8, 4) is 0 Å². The zero-order valence-corrected chi connectivity index (χ0v) is 16.6. The summed E-state index contributed by atoms with van der Waals surface area (Å²) in [6, 6.07) is 6.84. The van der Waals surface area contributed by atoms with Crippen LogP contribution in [0.3, 0.4) is 0 Å². The number of thiol groups is 1. The highest BCUT2D eigenvalue weighted by molar-refractivity contribution is 7.80. The van der Waals surface area contributed by atoms with E-state index >= 15 is 0 Å². The van der Waals surface area contributed by atoms with Crippen LogP contribution in [0.25, 0.3) is 0 Å². The van der Waals surface area contributed by atoms with Gasteiger partial charge >= 0.3 is 12.1 Å². The number of hydrogen-bond acceptors (Lipinski definition) is 6. The lowest BCUT2D eigenvalue weighted by Gasteiger charge is -2.41. The minimum atomic E-state index is -1.03. The first-order valence-electron chi connectivity index (χ1n) is 8.62. The molecule has 1 aromatic carbocycles. The van der Waals surface area contributed by atoms with Gasteiger partial charge in [-0.1, -0.05) is 12.1 Å². The van der Waals surface area contributed by atoms with Crippen LogP contribution in [0.4, 0.5) is 4.79 Å². The van der Waals surface area contributed by atoms with E-state index in [4.69, 9.17) is 4.74 Å². The SMILES string of the molecule is COC(=O)c1ccc(C(S)C2(O)CCN(C(=O)OC(C)(C)C)CC2)cc1. The lowest BCUT2D eigenvalue weighted by atomic mass is 9.84. The molecule has 0 radical (unpaired) electrons. The number of likely N-dealkylation sites (tertiary alicyclic amines) is 1. The number of amides is 1. The van der Waals surface area contributed by atoms with Crippen molar-refractivity contribution in [1.29, 1.82) is 0 Å². The molecular weight excluding hydrogens is 354 g/mol. The van der Waals surface area contributed by atoms with Crippen LogP contribution in [0, 0.1) is 0 Å². The molecule has 1 aromatic rings. The van der Waals surface area contributed by atoms with Crippen LogP contribution in [0.5, 0.6) is 0 Å². The molecule has 1 amide bonds. The van der Waals surface area contributed by atoms with E-state index in [1.54, 1.807) is 29.2 Å². The van der Waals surface area contributed by atoms with Gasteiger partial charge in [0, 0.05) is 13.1 Å². The Kier molecular flexibility index (Phi) is 6.24. The van der Waals surface area contributed by atoms with Gasteiger partial charge in [-0.15, -0.1) is 0 Å². The summed E-state index contributed by atoms with van der Waals surface area (Å²) >= 11 is 4.61. The van der Waals surface area contributed by atoms with Crippen molar-refractivity contribution in [3.05, 3.63) is 35.4 Å². The molecule has 1 unspecified atom stereocenters. The van der Waals surface area contributed by atoms with Crippen molar-refractivity contribution in [2.75, 3.05) is 20.2 Å². The van der Waals surface area contributed by atoms with Crippen LogP contribution in [0.1, 0.15) is 54.8 Å². The number of methoxy groups -OCH3 is 1. The Morgan fingerprint density at radius 3 is 2.19 bits per heavy atom. The number of ether oxygens (including phenoxy) is 2. The molecule has 1 heterocycles. The van der Waals surface area contributed by atoms with Gasteiger partial charge in [0.25, 0.3) is 0 Å². The van der Waals surface area contributed by atoms with Gasteiger partial charge in [-0.25, -0.2) is 9.59 Å². The Hall–Kier alpha value is -1.73. The van der Waals surface area contributed by atoms with Gasteiger partial charge in [0.15, 0.2) is 0 Å². The van der Waals surface area contributed by atoms with Gasteiger partial charge in [0.2, 0.25) is 0 Å². The molecule has 1 saturated heterocycles. The van der Waals surface area contributed by atoms with E-state index in [0.717, 1.165) is 5.56 Å². The zero-order chi connectivity index (χ0) is 19.5. The number of hydrogen-bond donors (Lipinski definition) is 2. The molecule has 0 aromatic heterocycles. The summed E-state index contributed by atoms with van der Waals surface area (Å²) in [6.07, 6.45) is 0.441. The minimum Gasteiger partial charge on any atom is -0.465 e. The first-order valence-corrected chi connectivity index (χ1v) is 9.14. The molecule has 1 fully saturated rings. The van der Waals surface area contributed by atoms with E-state index in [-0.39, 0.29) is 6.09 Å². The van der Waals surface area contributed by atoms with Gasteiger partial charge in [0.1, 0.15) is 5.60 Å². The lowest BCUT2D eigenvalue weighted by Crippen LogP contribution is -2.49. The third-order valence-electron chi connectivity index (χ3n) is 4.44. The zero-order valence-electron chi connectivity index (χ0n) is 15.7. The van der Waals surface area contributed by atoms with Crippen molar-refractivity contribution in [2.45, 2.75) is 50.1 Å². The summed E-state index contributed by atoms with van der Waals surface area (Å²) < 4.78 is 10.1. The summed E-state index contributed by atoms with van der Waals surface area (Å²) in [6.45, 7) is 6.29. The van der Waals surface area contributed by atoms with E-state index in [9.17, 15) is 14.7 Å². The van der Waals surface area contributed by atoms with Gasteiger partial charge in [-0.05, 0) is 51.3 Å². The highest BCUT2D eigenvalue weighted by Gasteiger charge is 2.40. The molecule has 0 bridgehead atoms. The molecule has 6 nitrogen and oxygen atoms in total. The minimum absolute atomic E-state index is 0.363. The molecule has 144 valence electrons. The van der Waals surface area contributed by atoms with Crippen molar-refractivity contribution in [3.63, 3.8) is 0 Å². The van der Waals surface area contributed by atoms with E-state index in [2.05, 4.69) is 17.4 Å². The fourth-order valence-corrected chi connectivity index (χ4v) is 3.34. The Morgan fingerprint density at radius 1 is 1.19 bits per heavy atom. The molecule has 1 aliphatic rings. The van der Waals surface area contributed by atoms with Gasteiger partial charge in [-0.3, -0.25) is 0 Å². The molecule has 0 saturated carbocycles. The summed E-state index contributed by atoms with van der Waals surface area (Å²) in [4.78, 5) is 25.3. The van der Waals surface area contributed by atoms with E-state index in [1.807, 2.05) is 20.8 Å². The highest BCUT2D eigenvalue weighted by atomic mass is 32.1. The fourth-order valence-electron chi connectivity index (χ4n) is 2.91. The molecule has 0 aliphatic carbocycles. The largest absolute Gasteiger partial charge is 0.465 e. The second-order valence-corrected chi connectivity index (χ2v) is 8.10. The van der Waals surface area contributed by atoms with Crippen LogP contribution in [0.2, 0.25) is 0 Å². The fraction of sp³-hybridized carbons (Fsp3) is 0.579. The smallest absolute Gasteiger partial charge is 0.410 e. The molecule has 26 heavy (non-hydrogen) atoms.